The van der Waals surface area contributed by atoms with E-state index in [9.17, 15) is 0 Å². The molecule has 0 saturated heterocycles. The number of nitrogens with zero attached hydrogens (tertiary/aromatic N) is 4. The predicted octanol–water partition coefficient (Wildman–Crippen LogP) is 3.65. The van der Waals surface area contributed by atoms with Gasteiger partial charge in [-0.1, -0.05) is 23.2 Å². The molecule has 0 amide bonds. The van der Waals surface area contributed by atoms with E-state index in [0.717, 1.165) is 5.69 Å². The molecule has 0 unspecified atom stereocenters. The zero-order chi connectivity index (χ0) is 16.3. The SMILES string of the molecule is CC(C)N(Cc1cnc(N)c(C#N)n1)c1ccc(Cl)c(Cl)c1. The molecule has 0 fully saturated rings. The quantitative estimate of drug-likeness (QED) is 0.922. The van der Waals surface area contributed by atoms with E-state index in [0.29, 0.717) is 22.3 Å². The van der Waals surface area contributed by atoms with Crippen LogP contribution in [0.25, 0.3) is 0 Å². The van der Waals surface area contributed by atoms with Crippen molar-refractivity contribution in [2.24, 2.45) is 0 Å². The molecular weight excluding hydrogens is 321 g/mol. The lowest BCUT2D eigenvalue weighted by atomic mass is 10.2. The Morgan fingerprint density at radius 1 is 1.32 bits per heavy atom. The first kappa shape index (κ1) is 16.3. The minimum Gasteiger partial charge on any atom is -0.381 e. The van der Waals surface area contributed by atoms with Crippen molar-refractivity contribution in [1.29, 1.82) is 5.26 Å². The Bertz CT molecular complexity index is 724. The van der Waals surface area contributed by atoms with Gasteiger partial charge < -0.3 is 10.6 Å². The van der Waals surface area contributed by atoms with E-state index in [1.54, 1.807) is 18.3 Å². The molecular formula is C15H15Cl2N5. The number of halogens is 2. The molecule has 1 aromatic carbocycles. The summed E-state index contributed by atoms with van der Waals surface area (Å²) in [4.78, 5) is 10.3. The molecule has 5 nitrogen and oxygen atoms in total. The molecule has 2 N–H and O–H groups in total. The average molecular weight is 336 g/mol. The van der Waals surface area contributed by atoms with Gasteiger partial charge in [0, 0.05) is 11.7 Å². The van der Waals surface area contributed by atoms with Crippen LogP contribution in [-0.2, 0) is 6.54 Å². The highest BCUT2D eigenvalue weighted by Crippen LogP contribution is 2.29. The van der Waals surface area contributed by atoms with Crippen LogP contribution in [0.15, 0.2) is 24.4 Å². The normalized spacial score (nSPS) is 10.5. The van der Waals surface area contributed by atoms with Gasteiger partial charge in [0.15, 0.2) is 11.5 Å². The molecule has 2 rings (SSSR count). The Hall–Kier alpha value is -2.03. The topological polar surface area (TPSA) is 78.8 Å². The second-order valence-corrected chi connectivity index (χ2v) is 5.84. The molecule has 114 valence electrons. The Morgan fingerprint density at radius 3 is 2.64 bits per heavy atom. The number of hydrogen-bond acceptors (Lipinski definition) is 5. The number of benzene rings is 1. The van der Waals surface area contributed by atoms with Crippen LogP contribution in [0.4, 0.5) is 11.5 Å². The number of nitriles is 1. The summed E-state index contributed by atoms with van der Waals surface area (Å²) < 4.78 is 0. The van der Waals surface area contributed by atoms with Gasteiger partial charge in [0.1, 0.15) is 6.07 Å². The van der Waals surface area contributed by atoms with Crippen LogP contribution in [0, 0.1) is 11.3 Å². The molecule has 7 heteroatoms. The smallest absolute Gasteiger partial charge is 0.183 e. The van der Waals surface area contributed by atoms with E-state index in [2.05, 4.69) is 28.7 Å². The van der Waals surface area contributed by atoms with Gasteiger partial charge in [-0.05, 0) is 32.0 Å². The van der Waals surface area contributed by atoms with Crippen molar-refractivity contribution in [2.75, 3.05) is 10.6 Å². The van der Waals surface area contributed by atoms with E-state index in [-0.39, 0.29) is 17.6 Å². The summed E-state index contributed by atoms with van der Waals surface area (Å²) in [6.07, 6.45) is 1.57. The zero-order valence-corrected chi connectivity index (χ0v) is 13.7. The Kier molecular flexibility index (Phi) is 5.07. The van der Waals surface area contributed by atoms with Crippen molar-refractivity contribution in [3.8, 4) is 6.07 Å². The highest BCUT2D eigenvalue weighted by molar-refractivity contribution is 6.42. The summed E-state index contributed by atoms with van der Waals surface area (Å²) in [6.45, 7) is 4.59. The van der Waals surface area contributed by atoms with E-state index < -0.39 is 0 Å². The molecule has 2 aromatic rings. The highest BCUT2D eigenvalue weighted by Gasteiger charge is 2.15. The summed E-state index contributed by atoms with van der Waals surface area (Å²) >= 11 is 12.0. The third-order valence-electron chi connectivity index (χ3n) is 3.15. The fourth-order valence-corrected chi connectivity index (χ4v) is 2.30. The number of nitrogen functional groups attached to an aromatic ring is 1. The summed E-state index contributed by atoms with van der Waals surface area (Å²) in [5, 5.41) is 9.99. The lowest BCUT2D eigenvalue weighted by Gasteiger charge is -2.29. The van der Waals surface area contributed by atoms with Crippen LogP contribution in [0.2, 0.25) is 10.0 Å². The molecule has 0 atom stereocenters. The maximum Gasteiger partial charge on any atom is 0.183 e. The number of nitrogens with two attached hydrogens (primary N) is 1. The van der Waals surface area contributed by atoms with Crippen molar-refractivity contribution in [2.45, 2.75) is 26.4 Å². The van der Waals surface area contributed by atoms with Gasteiger partial charge >= 0.3 is 0 Å². The van der Waals surface area contributed by atoms with Gasteiger partial charge in [-0.15, -0.1) is 0 Å². The Morgan fingerprint density at radius 2 is 2.05 bits per heavy atom. The van der Waals surface area contributed by atoms with Gasteiger partial charge in [0.2, 0.25) is 0 Å². The molecule has 0 saturated carbocycles. The first-order valence-electron chi connectivity index (χ1n) is 6.65. The minimum absolute atomic E-state index is 0.135. The Labute approximate surface area is 139 Å². The van der Waals surface area contributed by atoms with E-state index in [1.165, 1.54) is 0 Å². The van der Waals surface area contributed by atoms with Crippen LogP contribution in [0.5, 0.6) is 0 Å². The molecule has 0 bridgehead atoms. The third-order valence-corrected chi connectivity index (χ3v) is 3.89. The molecule has 1 heterocycles. The van der Waals surface area contributed by atoms with Crippen molar-refractivity contribution in [3.63, 3.8) is 0 Å². The van der Waals surface area contributed by atoms with Gasteiger partial charge in [-0.25, -0.2) is 9.97 Å². The van der Waals surface area contributed by atoms with Gasteiger partial charge in [0.25, 0.3) is 0 Å². The van der Waals surface area contributed by atoms with Gasteiger partial charge in [0.05, 0.1) is 28.5 Å². The number of aromatic nitrogens is 2. The van der Waals surface area contributed by atoms with Crippen molar-refractivity contribution >= 4 is 34.7 Å². The molecule has 0 aliphatic rings. The molecule has 1 aromatic heterocycles. The van der Waals surface area contributed by atoms with Crippen LogP contribution < -0.4 is 10.6 Å². The van der Waals surface area contributed by atoms with E-state index in [4.69, 9.17) is 34.2 Å². The largest absolute Gasteiger partial charge is 0.381 e. The minimum atomic E-state index is 0.135. The summed E-state index contributed by atoms with van der Waals surface area (Å²) in [5.74, 6) is 0.136. The number of hydrogen-bond donors (Lipinski definition) is 1. The average Bonchev–Trinajstić information content (AvgIpc) is 2.49. The number of anilines is 2. The predicted molar refractivity (Wildman–Crippen MR) is 88.9 cm³/mol. The van der Waals surface area contributed by atoms with Crippen molar-refractivity contribution in [3.05, 3.63) is 45.8 Å². The Balaban J connectivity index is 2.33. The molecule has 22 heavy (non-hydrogen) atoms. The van der Waals surface area contributed by atoms with Crippen molar-refractivity contribution < 1.29 is 0 Å². The second kappa shape index (κ2) is 6.82. The second-order valence-electron chi connectivity index (χ2n) is 5.03. The standard InChI is InChI=1S/C15H15Cl2N5/c1-9(2)22(11-3-4-12(16)13(17)5-11)8-10-7-20-15(19)14(6-18)21-10/h3-5,7,9H,8H2,1-2H3,(H2,19,20). The van der Waals surface area contributed by atoms with Crippen LogP contribution in [0.1, 0.15) is 25.2 Å². The fraction of sp³-hybridized carbons (Fsp3) is 0.267. The lowest BCUT2D eigenvalue weighted by molar-refractivity contribution is 0.671. The zero-order valence-electron chi connectivity index (χ0n) is 12.2. The monoisotopic (exact) mass is 335 g/mol. The van der Waals surface area contributed by atoms with Crippen molar-refractivity contribution in [1.82, 2.24) is 9.97 Å². The van der Waals surface area contributed by atoms with Crippen LogP contribution in [-0.4, -0.2) is 16.0 Å². The summed E-state index contributed by atoms with van der Waals surface area (Å²) in [6, 6.07) is 7.59. The lowest BCUT2D eigenvalue weighted by Crippen LogP contribution is -2.30. The fourth-order valence-electron chi connectivity index (χ4n) is 2.00. The van der Waals surface area contributed by atoms with Crippen LogP contribution in [0.3, 0.4) is 0 Å². The van der Waals surface area contributed by atoms with E-state index >= 15 is 0 Å². The van der Waals surface area contributed by atoms with Crippen LogP contribution >= 0.6 is 23.2 Å². The molecule has 0 aliphatic heterocycles. The highest BCUT2D eigenvalue weighted by atomic mass is 35.5. The first-order valence-corrected chi connectivity index (χ1v) is 7.41. The molecule has 0 aliphatic carbocycles. The van der Waals surface area contributed by atoms with E-state index in [1.807, 2.05) is 12.1 Å². The molecule has 0 spiro atoms. The first-order chi connectivity index (χ1) is 10.4. The number of rotatable bonds is 4. The maximum atomic E-state index is 8.99. The summed E-state index contributed by atoms with van der Waals surface area (Å²) in [5.41, 5.74) is 7.31. The molecule has 0 radical (unpaired) electrons. The third kappa shape index (κ3) is 3.59. The maximum absolute atomic E-state index is 8.99. The van der Waals surface area contributed by atoms with Gasteiger partial charge in [-0.2, -0.15) is 5.26 Å². The summed E-state index contributed by atoms with van der Waals surface area (Å²) in [7, 11) is 0. The van der Waals surface area contributed by atoms with Gasteiger partial charge in [-0.3, -0.25) is 0 Å².